The molecule has 3 aliphatic rings. The molecule has 38 heavy (non-hydrogen) atoms. The van der Waals surface area contributed by atoms with E-state index >= 15 is 0 Å². The largest absolute Gasteiger partial charge is 0.381 e. The van der Waals surface area contributed by atoms with Crippen molar-refractivity contribution >= 4 is 17.5 Å². The molecule has 0 saturated carbocycles. The van der Waals surface area contributed by atoms with Gasteiger partial charge in [-0.3, -0.25) is 9.67 Å². The number of aryl methyl sites for hydroxylation is 2. The number of ether oxygens (including phenoxy) is 1. The van der Waals surface area contributed by atoms with Gasteiger partial charge in [-0.25, -0.2) is 4.79 Å². The number of benzene rings is 1. The Bertz CT molecular complexity index is 1420. The van der Waals surface area contributed by atoms with Gasteiger partial charge in [0.2, 0.25) is 0 Å². The summed E-state index contributed by atoms with van der Waals surface area (Å²) >= 11 is 0. The molecule has 1 fully saturated rings. The Labute approximate surface area is 223 Å². The van der Waals surface area contributed by atoms with Crippen molar-refractivity contribution in [3.8, 4) is 17.2 Å². The zero-order valence-corrected chi connectivity index (χ0v) is 22.0. The van der Waals surface area contributed by atoms with Gasteiger partial charge < -0.3 is 19.9 Å². The smallest absolute Gasteiger partial charge is 0.317 e. The van der Waals surface area contributed by atoms with E-state index in [9.17, 15) is 10.1 Å². The number of amides is 2. The van der Waals surface area contributed by atoms with Gasteiger partial charge in [0.1, 0.15) is 0 Å². The Morgan fingerprint density at radius 1 is 1.18 bits per heavy atom. The lowest BCUT2D eigenvalue weighted by Gasteiger charge is -2.33. The van der Waals surface area contributed by atoms with Crippen molar-refractivity contribution in [3.05, 3.63) is 58.5 Å². The third-order valence-electron chi connectivity index (χ3n) is 8.15. The van der Waals surface area contributed by atoms with Gasteiger partial charge >= 0.3 is 6.03 Å². The van der Waals surface area contributed by atoms with E-state index in [-0.39, 0.29) is 6.03 Å². The average molecular weight is 512 g/mol. The highest BCUT2D eigenvalue weighted by atomic mass is 16.5. The Balaban J connectivity index is 1.46. The molecule has 0 bridgehead atoms. The molecule has 3 aromatic rings. The van der Waals surface area contributed by atoms with Crippen LogP contribution >= 0.6 is 0 Å². The highest BCUT2D eigenvalue weighted by Gasteiger charge is 2.34. The number of nitrogens with one attached hydrogen (secondary N) is 1. The van der Waals surface area contributed by atoms with E-state index in [1.807, 2.05) is 23.2 Å². The quantitative estimate of drug-likeness (QED) is 0.564. The summed E-state index contributed by atoms with van der Waals surface area (Å²) in [5.41, 5.74) is 8.24. The van der Waals surface area contributed by atoms with Crippen LogP contribution in [-0.2, 0) is 24.1 Å². The van der Waals surface area contributed by atoms with Crippen molar-refractivity contribution in [1.82, 2.24) is 25.0 Å². The summed E-state index contributed by atoms with van der Waals surface area (Å²) in [4.78, 5) is 21.0. The number of hydrogen-bond donors (Lipinski definition) is 1. The molecule has 0 aliphatic carbocycles. The molecule has 2 amide bonds. The third-order valence-corrected chi connectivity index (χ3v) is 8.15. The van der Waals surface area contributed by atoms with Gasteiger partial charge in [-0.2, -0.15) is 10.4 Å². The van der Waals surface area contributed by atoms with Crippen LogP contribution in [0.3, 0.4) is 0 Å². The summed E-state index contributed by atoms with van der Waals surface area (Å²) in [5, 5.41) is 18.2. The summed E-state index contributed by atoms with van der Waals surface area (Å²) in [6.07, 6.45) is 8.21. The fourth-order valence-corrected chi connectivity index (χ4v) is 6.12. The van der Waals surface area contributed by atoms with E-state index in [2.05, 4.69) is 38.9 Å². The van der Waals surface area contributed by atoms with Crippen LogP contribution in [0.5, 0.6) is 0 Å². The van der Waals surface area contributed by atoms with E-state index in [0.29, 0.717) is 24.7 Å². The number of carbonyl (C=O) groups excluding carboxylic acids is 1. The summed E-state index contributed by atoms with van der Waals surface area (Å²) in [7, 11) is 1.68. The van der Waals surface area contributed by atoms with Crippen LogP contribution in [0.2, 0.25) is 0 Å². The maximum atomic E-state index is 12.6. The van der Waals surface area contributed by atoms with Gasteiger partial charge in [0.05, 0.1) is 24.2 Å². The van der Waals surface area contributed by atoms with Crippen LogP contribution in [0.4, 0.5) is 16.3 Å². The van der Waals surface area contributed by atoms with Crippen molar-refractivity contribution < 1.29 is 9.53 Å². The Hall–Kier alpha value is -3.90. The molecule has 9 heteroatoms. The molecule has 2 aromatic heterocycles. The first kappa shape index (κ1) is 24.4. The van der Waals surface area contributed by atoms with Gasteiger partial charge in [0, 0.05) is 80.2 Å². The molecule has 0 spiro atoms. The van der Waals surface area contributed by atoms with E-state index in [0.717, 1.165) is 85.6 Å². The summed E-state index contributed by atoms with van der Waals surface area (Å²) < 4.78 is 7.86. The first-order valence-corrected chi connectivity index (χ1v) is 13.5. The summed E-state index contributed by atoms with van der Waals surface area (Å²) in [6, 6.07) is 8.84. The highest BCUT2D eigenvalue weighted by molar-refractivity contribution is 5.80. The minimum atomic E-state index is -0.0669. The predicted molar refractivity (Wildman–Crippen MR) is 144 cm³/mol. The number of urea groups is 1. The van der Waals surface area contributed by atoms with Crippen molar-refractivity contribution in [1.29, 1.82) is 5.26 Å². The number of rotatable bonds is 3. The number of anilines is 2. The van der Waals surface area contributed by atoms with Crippen LogP contribution < -0.4 is 10.2 Å². The molecule has 196 valence electrons. The second-order valence-corrected chi connectivity index (χ2v) is 10.3. The number of nitrogens with zero attached hydrogens (tertiary/aromatic N) is 6. The first-order chi connectivity index (χ1) is 18.6. The Morgan fingerprint density at radius 3 is 2.79 bits per heavy atom. The van der Waals surface area contributed by atoms with Crippen LogP contribution in [0, 0.1) is 18.3 Å². The fraction of sp³-hybridized carbons (Fsp3) is 0.448. The molecule has 5 heterocycles. The molecule has 0 unspecified atom stereocenters. The molecule has 0 atom stereocenters. The van der Waals surface area contributed by atoms with Crippen molar-refractivity contribution in [2.24, 2.45) is 0 Å². The predicted octanol–water partition coefficient (Wildman–Crippen LogP) is 4.26. The first-order valence-electron chi connectivity index (χ1n) is 13.5. The number of aromatic nitrogens is 3. The van der Waals surface area contributed by atoms with Crippen LogP contribution in [0.15, 0.2) is 30.6 Å². The number of carbonyl (C=O) groups is 1. The average Bonchev–Trinajstić information content (AvgIpc) is 3.35. The highest BCUT2D eigenvalue weighted by Crippen LogP contribution is 2.42. The minimum absolute atomic E-state index is 0.0669. The van der Waals surface area contributed by atoms with Crippen LogP contribution in [0.1, 0.15) is 53.3 Å². The van der Waals surface area contributed by atoms with Gasteiger partial charge in [0.15, 0.2) is 5.82 Å². The summed E-state index contributed by atoms with van der Waals surface area (Å²) in [5.74, 6) is 0.912. The third kappa shape index (κ3) is 4.19. The zero-order chi connectivity index (χ0) is 26.2. The van der Waals surface area contributed by atoms with Crippen molar-refractivity contribution in [2.75, 3.05) is 38.3 Å². The van der Waals surface area contributed by atoms with Gasteiger partial charge in [-0.1, -0.05) is 0 Å². The molecule has 9 nitrogen and oxygen atoms in total. The van der Waals surface area contributed by atoms with E-state index in [1.54, 1.807) is 13.2 Å². The Morgan fingerprint density at radius 2 is 2.03 bits per heavy atom. The number of nitriles is 1. The molecule has 3 aliphatic heterocycles. The van der Waals surface area contributed by atoms with E-state index in [4.69, 9.17) is 9.84 Å². The second kappa shape index (κ2) is 10.1. The number of fused-ring (bicyclic) bond motifs is 2. The normalized spacial score (nSPS) is 17.5. The van der Waals surface area contributed by atoms with Crippen LogP contribution in [0.25, 0.3) is 11.1 Å². The van der Waals surface area contributed by atoms with Gasteiger partial charge in [-0.15, -0.1) is 0 Å². The monoisotopic (exact) mass is 511 g/mol. The van der Waals surface area contributed by atoms with E-state index < -0.39 is 0 Å². The lowest BCUT2D eigenvalue weighted by molar-refractivity contribution is 0.0651. The minimum Gasteiger partial charge on any atom is -0.381 e. The molecular weight excluding hydrogens is 478 g/mol. The lowest BCUT2D eigenvalue weighted by Crippen LogP contribution is -2.42. The van der Waals surface area contributed by atoms with Crippen LogP contribution in [-0.4, -0.2) is 59.0 Å². The lowest BCUT2D eigenvalue weighted by atomic mass is 9.91. The summed E-state index contributed by atoms with van der Waals surface area (Å²) in [6.45, 7) is 5.56. The van der Waals surface area contributed by atoms with Gasteiger partial charge in [-0.05, 0) is 61.9 Å². The molecule has 1 N–H and O–H groups in total. The maximum absolute atomic E-state index is 12.6. The Kier molecular flexibility index (Phi) is 6.50. The molecule has 1 aromatic carbocycles. The van der Waals surface area contributed by atoms with E-state index in [1.165, 1.54) is 11.3 Å². The SMILES string of the molecule is CNC(=O)N1CCc2c(c(N3CCCc4cc(-c5cnccc5C)c(C#N)cc43)nn2C2CCOCC2)C1. The fourth-order valence-electron chi connectivity index (χ4n) is 6.12. The second-order valence-electron chi connectivity index (χ2n) is 10.3. The molecule has 6 rings (SSSR count). The molecular formula is C29H33N7O2. The van der Waals surface area contributed by atoms with Gasteiger partial charge in [0.25, 0.3) is 0 Å². The zero-order valence-electron chi connectivity index (χ0n) is 22.0. The molecule has 1 saturated heterocycles. The number of hydrogen-bond acceptors (Lipinski definition) is 6. The van der Waals surface area contributed by atoms with Crippen molar-refractivity contribution in [3.63, 3.8) is 0 Å². The standard InChI is InChI=1S/C29H33N7O2/c1-19-5-9-32-17-24(19)23-14-20-4-3-10-35(27(20)15-21(23)16-30)28-25-18-34(29(37)31-2)11-6-26(25)36(33-28)22-7-12-38-13-8-22/h5,9,14-15,17,22H,3-4,6-8,10-13,18H2,1-2H3,(H,31,37). The number of pyridine rings is 1. The topological polar surface area (TPSA) is 99.3 Å². The molecule has 0 radical (unpaired) electrons. The maximum Gasteiger partial charge on any atom is 0.317 e. The van der Waals surface area contributed by atoms with Crippen molar-refractivity contribution in [2.45, 2.75) is 51.6 Å².